The lowest BCUT2D eigenvalue weighted by atomic mass is 9.94. The molecule has 0 spiro atoms. The van der Waals surface area contributed by atoms with E-state index >= 15 is 0 Å². The van der Waals surface area contributed by atoms with Gasteiger partial charge in [0.1, 0.15) is 5.60 Å². The number of benzene rings is 1. The predicted molar refractivity (Wildman–Crippen MR) is 143 cm³/mol. The molecule has 0 bridgehead atoms. The molecule has 35 heavy (non-hydrogen) atoms. The number of likely N-dealkylation sites (tertiary alicyclic amines) is 2. The van der Waals surface area contributed by atoms with E-state index in [1.165, 1.54) is 10.5 Å². The van der Waals surface area contributed by atoms with Gasteiger partial charge in [-0.05, 0) is 43.0 Å². The van der Waals surface area contributed by atoms with E-state index in [4.69, 9.17) is 9.16 Å². The molecule has 1 aromatic rings. The van der Waals surface area contributed by atoms with E-state index in [-0.39, 0.29) is 23.8 Å². The van der Waals surface area contributed by atoms with Gasteiger partial charge in [-0.3, -0.25) is 9.69 Å². The van der Waals surface area contributed by atoms with Gasteiger partial charge in [-0.1, -0.05) is 71.9 Å². The van der Waals surface area contributed by atoms with Crippen molar-refractivity contribution in [3.05, 3.63) is 35.9 Å². The first-order chi connectivity index (χ1) is 16.3. The Morgan fingerprint density at radius 2 is 1.57 bits per heavy atom. The molecule has 0 aromatic heterocycles. The van der Waals surface area contributed by atoms with Crippen LogP contribution in [0.4, 0.5) is 4.79 Å². The summed E-state index contributed by atoms with van der Waals surface area (Å²) in [7, 11) is -2.15. The van der Waals surface area contributed by atoms with Crippen molar-refractivity contribution in [3.8, 4) is 0 Å². The van der Waals surface area contributed by atoms with E-state index < -0.39 is 20.0 Å². The lowest BCUT2D eigenvalue weighted by Gasteiger charge is -2.43. The minimum atomic E-state index is -2.15. The molecule has 0 radical (unpaired) electrons. The third-order valence-corrected chi connectivity index (χ3v) is 14.0. The highest BCUT2D eigenvalue weighted by atomic mass is 28.4. The molecule has 6 nitrogen and oxygen atoms in total. The first kappa shape index (κ1) is 27.9. The van der Waals surface area contributed by atoms with E-state index in [0.29, 0.717) is 29.8 Å². The summed E-state index contributed by atoms with van der Waals surface area (Å²) in [5.74, 6) is -0.260. The number of nitrogens with zero attached hydrogens (tertiary/aromatic N) is 2. The second-order valence-electron chi connectivity index (χ2n) is 12.3. The van der Waals surface area contributed by atoms with Crippen LogP contribution in [0, 0.1) is 11.8 Å². The maximum absolute atomic E-state index is 13.6. The molecular weight excluding hydrogens is 456 g/mol. The maximum atomic E-state index is 13.6. The average molecular weight is 503 g/mol. The van der Waals surface area contributed by atoms with E-state index in [0.717, 1.165) is 13.1 Å². The van der Waals surface area contributed by atoms with Crippen LogP contribution in [-0.4, -0.2) is 61.5 Å². The van der Waals surface area contributed by atoms with Gasteiger partial charge < -0.3 is 9.16 Å². The molecule has 2 fully saturated rings. The molecule has 0 saturated carbocycles. The maximum Gasteiger partial charge on any atom is 0.417 e. The van der Waals surface area contributed by atoms with Gasteiger partial charge in [-0.25, -0.2) is 9.69 Å². The number of carbonyl (C=O) groups excluding carboxylic acids is 2. The van der Waals surface area contributed by atoms with Crippen LogP contribution in [0.5, 0.6) is 0 Å². The van der Waals surface area contributed by atoms with Crippen molar-refractivity contribution in [3.63, 3.8) is 0 Å². The number of amides is 2. The van der Waals surface area contributed by atoms with Gasteiger partial charge in [-0.15, -0.1) is 0 Å². The number of carbonyl (C=O) groups is 2. The molecule has 0 N–H and O–H groups in total. The van der Waals surface area contributed by atoms with Crippen LogP contribution in [-0.2, 0) is 20.5 Å². The highest BCUT2D eigenvalue weighted by Crippen LogP contribution is 2.44. The number of imide groups is 1. The molecular formula is C28H46N2O4Si. The summed E-state index contributed by atoms with van der Waals surface area (Å²) in [6, 6.07) is 10.1. The van der Waals surface area contributed by atoms with Gasteiger partial charge in [-0.2, -0.15) is 0 Å². The number of rotatable bonds is 8. The number of ether oxygens (including phenoxy) is 1. The fourth-order valence-electron chi connectivity index (χ4n) is 6.53. The highest BCUT2D eigenvalue weighted by molar-refractivity contribution is 6.77. The normalized spacial score (nSPS) is 23.6. The third-order valence-electron chi connectivity index (χ3n) is 7.87. The van der Waals surface area contributed by atoms with E-state index in [9.17, 15) is 9.59 Å². The van der Waals surface area contributed by atoms with Crippen LogP contribution in [0.1, 0.15) is 67.9 Å². The van der Waals surface area contributed by atoms with Crippen LogP contribution in [0.15, 0.2) is 30.3 Å². The van der Waals surface area contributed by atoms with Crippen molar-refractivity contribution in [2.75, 3.05) is 19.7 Å². The lowest BCUT2D eigenvalue weighted by molar-refractivity contribution is -0.131. The SMILES string of the molecule is CC(C)[Si](OC[C@@H]1[C@H]2CN(Cc3ccccc3)C[C@H]2C(=O)N1C(=O)OC(C)(C)C)(C(C)C)C(C)C. The molecule has 2 aliphatic rings. The minimum Gasteiger partial charge on any atom is -0.443 e. The average Bonchev–Trinajstić information content (AvgIpc) is 3.25. The Labute approximate surface area is 213 Å². The van der Waals surface area contributed by atoms with Crippen LogP contribution < -0.4 is 0 Å². The predicted octanol–water partition coefficient (Wildman–Crippen LogP) is 6.07. The van der Waals surface area contributed by atoms with Crippen LogP contribution in [0.2, 0.25) is 16.6 Å². The lowest BCUT2D eigenvalue weighted by Crippen LogP contribution is -2.53. The summed E-state index contributed by atoms with van der Waals surface area (Å²) >= 11 is 0. The Balaban J connectivity index is 1.87. The van der Waals surface area contributed by atoms with Gasteiger partial charge in [0.2, 0.25) is 5.91 Å². The van der Waals surface area contributed by atoms with Crippen molar-refractivity contribution in [1.82, 2.24) is 9.80 Å². The van der Waals surface area contributed by atoms with Crippen LogP contribution in [0.25, 0.3) is 0 Å². The van der Waals surface area contributed by atoms with Gasteiger partial charge >= 0.3 is 6.09 Å². The standard InChI is InChI=1S/C28H46N2O4Si/c1-19(2)35(20(3)4,21(5)6)33-18-25-23-16-29(15-22-13-11-10-12-14-22)17-24(23)26(31)30(25)27(32)34-28(7,8)9/h10-14,19-21,23-25H,15-18H2,1-9H3/t23-,24+,25+/m0/s1. The minimum absolute atomic E-state index is 0.0527. The molecule has 7 heteroatoms. The Bertz CT molecular complexity index is 859. The highest BCUT2D eigenvalue weighted by Gasteiger charge is 2.56. The molecule has 2 amide bonds. The summed E-state index contributed by atoms with van der Waals surface area (Å²) in [5, 5.41) is 0. The molecule has 3 rings (SSSR count). The zero-order valence-corrected chi connectivity index (χ0v) is 24.2. The van der Waals surface area contributed by atoms with Crippen LogP contribution in [0.3, 0.4) is 0 Å². The molecule has 196 valence electrons. The van der Waals surface area contributed by atoms with E-state index in [2.05, 4.69) is 58.6 Å². The molecule has 1 aromatic carbocycles. The number of fused-ring (bicyclic) bond motifs is 1. The van der Waals surface area contributed by atoms with Crippen molar-refractivity contribution in [2.24, 2.45) is 11.8 Å². The van der Waals surface area contributed by atoms with E-state index in [1.807, 2.05) is 39.0 Å². The Kier molecular flexibility index (Phi) is 8.55. The molecule has 0 unspecified atom stereocenters. The molecule has 0 aliphatic carbocycles. The van der Waals surface area contributed by atoms with E-state index in [1.54, 1.807) is 0 Å². The Morgan fingerprint density at radius 3 is 2.09 bits per heavy atom. The molecule has 2 aliphatic heterocycles. The van der Waals surface area contributed by atoms with Crippen molar-refractivity contribution in [1.29, 1.82) is 0 Å². The van der Waals surface area contributed by atoms with Crippen molar-refractivity contribution < 1.29 is 18.8 Å². The summed E-state index contributed by atoms with van der Waals surface area (Å²) in [4.78, 5) is 30.6. The van der Waals surface area contributed by atoms with Gasteiger partial charge in [0, 0.05) is 25.6 Å². The smallest absolute Gasteiger partial charge is 0.417 e. The zero-order valence-electron chi connectivity index (χ0n) is 23.2. The first-order valence-corrected chi connectivity index (χ1v) is 15.4. The van der Waals surface area contributed by atoms with Crippen molar-refractivity contribution >= 4 is 20.3 Å². The fraction of sp³-hybridized carbons (Fsp3) is 0.714. The quantitative estimate of drug-likeness (QED) is 0.404. The largest absolute Gasteiger partial charge is 0.443 e. The molecule has 3 atom stereocenters. The zero-order chi connectivity index (χ0) is 26.1. The number of hydrogen-bond donors (Lipinski definition) is 0. The topological polar surface area (TPSA) is 59.1 Å². The van der Waals surface area contributed by atoms with Gasteiger partial charge in [0.15, 0.2) is 8.32 Å². The fourth-order valence-corrected chi connectivity index (χ4v) is 12.0. The first-order valence-electron chi connectivity index (χ1n) is 13.2. The van der Waals surface area contributed by atoms with Gasteiger partial charge in [0.25, 0.3) is 0 Å². The summed E-state index contributed by atoms with van der Waals surface area (Å²) < 4.78 is 12.6. The molecule has 2 saturated heterocycles. The summed E-state index contributed by atoms with van der Waals surface area (Å²) in [6.45, 7) is 21.7. The number of hydrogen-bond acceptors (Lipinski definition) is 5. The Hall–Kier alpha value is -1.70. The second-order valence-corrected chi connectivity index (χ2v) is 17.8. The van der Waals surface area contributed by atoms with Crippen molar-refractivity contribution in [2.45, 2.75) is 97.1 Å². The second kappa shape index (κ2) is 10.7. The summed E-state index contributed by atoms with van der Waals surface area (Å²) in [5.41, 5.74) is 1.88. The summed E-state index contributed by atoms with van der Waals surface area (Å²) in [6.07, 6.45) is -0.536. The van der Waals surface area contributed by atoms with Gasteiger partial charge in [0.05, 0.1) is 18.6 Å². The third kappa shape index (κ3) is 5.83. The van der Waals surface area contributed by atoms with Crippen LogP contribution >= 0.6 is 0 Å². The monoisotopic (exact) mass is 502 g/mol. The Morgan fingerprint density at radius 1 is 1.00 bits per heavy atom. The molecule has 2 heterocycles.